The van der Waals surface area contributed by atoms with Gasteiger partial charge in [-0.25, -0.2) is 9.59 Å². The molecule has 0 aliphatic carbocycles. The number of benzene rings is 3. The smallest absolute Gasteiger partial charge is 0.339 e. The van der Waals surface area contributed by atoms with Crippen LogP contribution in [-0.4, -0.2) is 19.0 Å². The highest BCUT2D eigenvalue weighted by Gasteiger charge is 2.21. The van der Waals surface area contributed by atoms with Crippen LogP contribution in [0.3, 0.4) is 0 Å². The maximum Gasteiger partial charge on any atom is 0.339 e. The fourth-order valence-electron chi connectivity index (χ4n) is 3.21. The molecule has 1 aromatic heterocycles. The van der Waals surface area contributed by atoms with Gasteiger partial charge in [-0.2, -0.15) is 0 Å². The molecule has 0 saturated carbocycles. The summed E-state index contributed by atoms with van der Waals surface area (Å²) in [6.07, 6.45) is 1.56. The van der Waals surface area contributed by atoms with Crippen LogP contribution in [0.1, 0.15) is 26.3 Å². The predicted molar refractivity (Wildman–Crippen MR) is 109 cm³/mol. The van der Waals surface area contributed by atoms with Gasteiger partial charge in [0.05, 0.1) is 24.5 Å². The Kier molecular flexibility index (Phi) is 5.12. The van der Waals surface area contributed by atoms with Crippen molar-refractivity contribution in [1.29, 1.82) is 0 Å². The first kappa shape index (κ1) is 18.5. The minimum absolute atomic E-state index is 0.147. The van der Waals surface area contributed by atoms with Gasteiger partial charge in [-0.05, 0) is 41.0 Å². The van der Waals surface area contributed by atoms with Crippen LogP contribution in [0.4, 0.5) is 0 Å². The van der Waals surface area contributed by atoms with Gasteiger partial charge in [-0.15, -0.1) is 0 Å². The van der Waals surface area contributed by atoms with Gasteiger partial charge in [-0.1, -0.05) is 48.5 Å². The Bertz CT molecular complexity index is 1170. The van der Waals surface area contributed by atoms with Crippen LogP contribution in [0.2, 0.25) is 0 Å². The van der Waals surface area contributed by atoms with E-state index in [0.29, 0.717) is 27.8 Å². The summed E-state index contributed by atoms with van der Waals surface area (Å²) in [7, 11) is 1.33. The monoisotopic (exact) mass is 386 g/mol. The second kappa shape index (κ2) is 8.02. The van der Waals surface area contributed by atoms with Gasteiger partial charge in [-0.3, -0.25) is 0 Å². The van der Waals surface area contributed by atoms with Gasteiger partial charge < -0.3 is 13.9 Å². The van der Waals surface area contributed by atoms with E-state index in [1.807, 2.05) is 36.4 Å². The number of hydrogen-bond donors (Lipinski definition) is 0. The average molecular weight is 386 g/mol. The van der Waals surface area contributed by atoms with Crippen LogP contribution in [0.25, 0.3) is 22.1 Å². The van der Waals surface area contributed by atoms with Crippen molar-refractivity contribution in [1.82, 2.24) is 0 Å². The maximum absolute atomic E-state index is 12.9. The molecule has 0 bridgehead atoms. The fourth-order valence-corrected chi connectivity index (χ4v) is 3.21. The number of carbonyl (C=O) groups is 2. The van der Waals surface area contributed by atoms with Gasteiger partial charge in [0.15, 0.2) is 0 Å². The summed E-state index contributed by atoms with van der Waals surface area (Å²) in [4.78, 5) is 25.2. The largest absolute Gasteiger partial charge is 0.465 e. The molecule has 0 spiro atoms. The van der Waals surface area contributed by atoms with Crippen LogP contribution in [0, 0.1) is 0 Å². The third-order valence-electron chi connectivity index (χ3n) is 4.65. The summed E-state index contributed by atoms with van der Waals surface area (Å²) in [5.41, 5.74) is 3.31. The van der Waals surface area contributed by atoms with Crippen LogP contribution < -0.4 is 0 Å². The van der Waals surface area contributed by atoms with Gasteiger partial charge in [0.25, 0.3) is 0 Å². The standard InChI is InChI=1S/C24H18O5/c1-27-23(25)19-10-6-5-9-18(19)20-13-17-11-12-28-22(17)14-21(20)24(26)29-15-16-7-3-2-4-8-16/h2-14H,15H2,1H3. The van der Waals surface area contributed by atoms with E-state index in [1.54, 1.807) is 42.7 Å². The van der Waals surface area contributed by atoms with Crippen molar-refractivity contribution >= 4 is 22.9 Å². The quantitative estimate of drug-likeness (QED) is 0.439. The molecule has 0 unspecified atom stereocenters. The minimum atomic E-state index is -0.498. The van der Waals surface area contributed by atoms with E-state index in [-0.39, 0.29) is 6.61 Å². The number of ether oxygens (including phenoxy) is 2. The van der Waals surface area contributed by atoms with Gasteiger partial charge in [0.1, 0.15) is 12.2 Å². The first-order valence-electron chi connectivity index (χ1n) is 9.07. The van der Waals surface area contributed by atoms with Crippen molar-refractivity contribution in [2.75, 3.05) is 7.11 Å². The highest BCUT2D eigenvalue weighted by molar-refractivity contribution is 6.06. The summed E-state index contributed by atoms with van der Waals surface area (Å²) in [6, 6.07) is 21.7. The van der Waals surface area contributed by atoms with E-state index in [4.69, 9.17) is 13.9 Å². The number of methoxy groups -OCH3 is 1. The molecule has 5 heteroatoms. The summed E-state index contributed by atoms with van der Waals surface area (Å²) in [5.74, 6) is -0.974. The predicted octanol–water partition coefficient (Wildman–Crippen LogP) is 5.24. The molecule has 5 nitrogen and oxygen atoms in total. The first-order valence-corrected chi connectivity index (χ1v) is 9.07. The lowest BCUT2D eigenvalue weighted by Crippen LogP contribution is -2.09. The Morgan fingerprint density at radius 3 is 2.38 bits per heavy atom. The lowest BCUT2D eigenvalue weighted by molar-refractivity contribution is 0.0472. The number of fused-ring (bicyclic) bond motifs is 1. The number of rotatable bonds is 5. The van der Waals surface area contributed by atoms with E-state index >= 15 is 0 Å². The molecular weight excluding hydrogens is 368 g/mol. The molecule has 29 heavy (non-hydrogen) atoms. The molecule has 0 aliphatic heterocycles. The zero-order valence-corrected chi connectivity index (χ0v) is 15.8. The van der Waals surface area contributed by atoms with Crippen LogP contribution >= 0.6 is 0 Å². The van der Waals surface area contributed by atoms with E-state index in [1.165, 1.54) is 7.11 Å². The SMILES string of the molecule is COC(=O)c1ccccc1-c1cc2ccoc2cc1C(=O)OCc1ccccc1. The third-order valence-corrected chi connectivity index (χ3v) is 4.65. The van der Waals surface area contributed by atoms with Gasteiger partial charge in [0.2, 0.25) is 0 Å². The molecule has 4 rings (SSSR count). The molecule has 0 radical (unpaired) electrons. The summed E-state index contributed by atoms with van der Waals surface area (Å²) in [6.45, 7) is 0.147. The number of esters is 2. The second-order valence-corrected chi connectivity index (χ2v) is 6.46. The van der Waals surface area contributed by atoms with E-state index in [9.17, 15) is 9.59 Å². The van der Waals surface area contributed by atoms with Gasteiger partial charge in [0, 0.05) is 5.39 Å². The average Bonchev–Trinajstić information content (AvgIpc) is 3.24. The molecule has 144 valence electrons. The Hall–Kier alpha value is -3.86. The van der Waals surface area contributed by atoms with Crippen LogP contribution in [-0.2, 0) is 16.1 Å². The molecular formula is C24H18O5. The van der Waals surface area contributed by atoms with Gasteiger partial charge >= 0.3 is 11.9 Å². The van der Waals surface area contributed by atoms with Crippen molar-refractivity contribution in [3.8, 4) is 11.1 Å². The molecule has 4 aromatic rings. The summed E-state index contributed by atoms with van der Waals surface area (Å²) in [5, 5.41) is 0.819. The molecule has 0 N–H and O–H groups in total. The molecule has 0 amide bonds. The number of hydrogen-bond acceptors (Lipinski definition) is 5. The minimum Gasteiger partial charge on any atom is -0.465 e. The number of furan rings is 1. The zero-order valence-electron chi connectivity index (χ0n) is 15.8. The Balaban J connectivity index is 1.78. The van der Waals surface area contributed by atoms with Crippen LogP contribution in [0.15, 0.2) is 83.5 Å². The maximum atomic E-state index is 12.9. The topological polar surface area (TPSA) is 65.7 Å². The molecule has 0 fully saturated rings. The van der Waals surface area contributed by atoms with Crippen molar-refractivity contribution in [3.05, 3.63) is 95.7 Å². The van der Waals surface area contributed by atoms with Crippen molar-refractivity contribution in [3.63, 3.8) is 0 Å². The lowest BCUT2D eigenvalue weighted by atomic mass is 9.94. The molecule has 3 aromatic carbocycles. The van der Waals surface area contributed by atoms with Crippen molar-refractivity contribution in [2.24, 2.45) is 0 Å². The molecule has 0 atom stereocenters. The summed E-state index contributed by atoms with van der Waals surface area (Å²) >= 11 is 0. The summed E-state index contributed by atoms with van der Waals surface area (Å²) < 4.78 is 15.9. The lowest BCUT2D eigenvalue weighted by Gasteiger charge is -2.13. The number of carbonyl (C=O) groups excluding carboxylic acids is 2. The van der Waals surface area contributed by atoms with Crippen LogP contribution in [0.5, 0.6) is 0 Å². The highest BCUT2D eigenvalue weighted by Crippen LogP contribution is 2.32. The Morgan fingerprint density at radius 1 is 0.828 bits per heavy atom. The molecule has 0 saturated heterocycles. The normalized spacial score (nSPS) is 10.7. The molecule has 1 heterocycles. The first-order chi connectivity index (χ1) is 14.2. The van der Waals surface area contributed by atoms with E-state index in [0.717, 1.165) is 10.9 Å². The Labute approximate surface area is 167 Å². The molecule has 0 aliphatic rings. The van der Waals surface area contributed by atoms with E-state index < -0.39 is 11.9 Å². The Morgan fingerprint density at radius 2 is 1.59 bits per heavy atom. The highest BCUT2D eigenvalue weighted by atomic mass is 16.5. The van der Waals surface area contributed by atoms with Crippen molar-refractivity contribution in [2.45, 2.75) is 6.61 Å². The second-order valence-electron chi connectivity index (χ2n) is 6.46. The van der Waals surface area contributed by atoms with Crippen molar-refractivity contribution < 1.29 is 23.5 Å². The van der Waals surface area contributed by atoms with E-state index in [2.05, 4.69) is 0 Å². The zero-order chi connectivity index (χ0) is 20.2. The third kappa shape index (κ3) is 3.75. The fraction of sp³-hybridized carbons (Fsp3) is 0.0833.